The molecule has 0 aliphatic heterocycles. The Hall–Kier alpha value is -1.21. The molecule has 0 unspecified atom stereocenters. The first kappa shape index (κ1) is 16.2. The van der Waals surface area contributed by atoms with Gasteiger partial charge < -0.3 is 10.2 Å². The van der Waals surface area contributed by atoms with Crippen LogP contribution in [0.15, 0.2) is 30.3 Å². The second-order valence-electron chi connectivity index (χ2n) is 5.18. The average molecular weight is 396 g/mol. The van der Waals surface area contributed by atoms with Gasteiger partial charge in [-0.15, -0.1) is 0 Å². The lowest BCUT2D eigenvalue weighted by atomic mass is 10.1. The molecule has 0 spiro atoms. The van der Waals surface area contributed by atoms with Gasteiger partial charge in [0, 0.05) is 12.1 Å². The normalized spacial score (nSPS) is 10.9. The Bertz CT molecular complexity index is 584. The molecule has 1 aromatic heterocycles. The molecule has 5 heteroatoms. The number of benzene rings is 1. The van der Waals surface area contributed by atoms with Crippen LogP contribution in [0.25, 0.3) is 11.3 Å². The molecular weight excluding hydrogens is 375 g/mol. The largest absolute Gasteiger partial charge is 0.369 e. The van der Waals surface area contributed by atoms with Gasteiger partial charge in [0.05, 0.1) is 15.8 Å². The van der Waals surface area contributed by atoms with Gasteiger partial charge in [-0.2, -0.15) is 0 Å². The van der Waals surface area contributed by atoms with Crippen LogP contribution in [0.2, 0.25) is 0 Å². The summed E-state index contributed by atoms with van der Waals surface area (Å²) in [5.41, 5.74) is 2.13. The summed E-state index contributed by atoms with van der Waals surface area (Å²) in [7, 11) is 4.06. The molecule has 1 heterocycles. The van der Waals surface area contributed by atoms with E-state index >= 15 is 0 Å². The maximum atomic E-state index is 4.75. The summed E-state index contributed by atoms with van der Waals surface area (Å²) < 4.78 is 1.08. The van der Waals surface area contributed by atoms with Crippen molar-refractivity contribution in [3.8, 4) is 11.3 Å². The van der Waals surface area contributed by atoms with Crippen LogP contribution in [0.4, 0.5) is 5.82 Å². The van der Waals surface area contributed by atoms with E-state index in [0.29, 0.717) is 0 Å². The van der Waals surface area contributed by atoms with Crippen LogP contribution < -0.4 is 5.32 Å². The van der Waals surface area contributed by atoms with E-state index < -0.39 is 0 Å². The number of nitrogens with zero attached hydrogens (tertiary/aromatic N) is 3. The predicted molar refractivity (Wildman–Crippen MR) is 96.4 cm³/mol. The number of anilines is 1. The van der Waals surface area contributed by atoms with Gasteiger partial charge in [0.15, 0.2) is 0 Å². The summed E-state index contributed by atoms with van der Waals surface area (Å²) in [5, 5.41) is 3.41. The standard InChI is InChI=1S/C16H21IN4/c1-4-10-18-16-14(17)15(12-8-6-5-7-9-12)19-13(20-16)11-21(2)3/h5-9H,4,10-11H2,1-3H3,(H,18,19,20). The molecule has 0 saturated heterocycles. The molecular formula is C16H21IN4. The molecule has 0 saturated carbocycles. The zero-order valence-electron chi connectivity index (χ0n) is 12.7. The molecule has 0 fully saturated rings. The van der Waals surface area contributed by atoms with Gasteiger partial charge in [0.2, 0.25) is 0 Å². The Balaban J connectivity index is 2.46. The molecule has 0 amide bonds. The second-order valence-corrected chi connectivity index (χ2v) is 6.26. The fourth-order valence-electron chi connectivity index (χ4n) is 1.99. The van der Waals surface area contributed by atoms with Crippen molar-refractivity contribution in [1.82, 2.24) is 14.9 Å². The van der Waals surface area contributed by atoms with E-state index in [-0.39, 0.29) is 0 Å². The zero-order chi connectivity index (χ0) is 15.2. The quantitative estimate of drug-likeness (QED) is 0.758. The van der Waals surface area contributed by atoms with E-state index in [1.165, 1.54) is 0 Å². The molecule has 0 bridgehead atoms. The monoisotopic (exact) mass is 396 g/mol. The first-order chi connectivity index (χ1) is 10.1. The number of rotatable bonds is 6. The fourth-order valence-corrected chi connectivity index (χ4v) is 2.74. The molecule has 112 valence electrons. The van der Waals surface area contributed by atoms with Crippen LogP contribution in [-0.4, -0.2) is 35.5 Å². The fraction of sp³-hybridized carbons (Fsp3) is 0.375. The van der Waals surface area contributed by atoms with E-state index in [4.69, 9.17) is 4.98 Å². The van der Waals surface area contributed by atoms with Crippen LogP contribution >= 0.6 is 22.6 Å². The molecule has 2 rings (SSSR count). The van der Waals surface area contributed by atoms with E-state index in [1.54, 1.807) is 0 Å². The molecule has 0 radical (unpaired) electrons. The third-order valence-corrected chi connectivity index (χ3v) is 3.97. The Labute approximate surface area is 140 Å². The van der Waals surface area contributed by atoms with Crippen molar-refractivity contribution in [2.45, 2.75) is 19.9 Å². The maximum absolute atomic E-state index is 4.75. The van der Waals surface area contributed by atoms with Crippen molar-refractivity contribution in [1.29, 1.82) is 0 Å². The maximum Gasteiger partial charge on any atom is 0.145 e. The minimum absolute atomic E-state index is 0.734. The molecule has 0 aliphatic rings. The number of hydrogen-bond donors (Lipinski definition) is 1. The molecule has 0 atom stereocenters. The van der Waals surface area contributed by atoms with Gasteiger partial charge in [-0.3, -0.25) is 0 Å². The van der Waals surface area contributed by atoms with E-state index in [1.807, 2.05) is 32.3 Å². The van der Waals surface area contributed by atoms with Gasteiger partial charge in [0.25, 0.3) is 0 Å². The highest BCUT2D eigenvalue weighted by atomic mass is 127. The summed E-state index contributed by atoms with van der Waals surface area (Å²) in [5.74, 6) is 1.78. The van der Waals surface area contributed by atoms with E-state index in [9.17, 15) is 0 Å². The average Bonchev–Trinajstić information content (AvgIpc) is 2.48. The van der Waals surface area contributed by atoms with Crippen molar-refractivity contribution >= 4 is 28.4 Å². The third kappa shape index (κ3) is 4.38. The van der Waals surface area contributed by atoms with Gasteiger partial charge in [-0.25, -0.2) is 9.97 Å². The highest BCUT2D eigenvalue weighted by molar-refractivity contribution is 14.1. The molecule has 2 aromatic rings. The number of aromatic nitrogens is 2. The molecule has 1 aromatic carbocycles. The Morgan fingerprint density at radius 2 is 1.86 bits per heavy atom. The Morgan fingerprint density at radius 3 is 2.48 bits per heavy atom. The first-order valence-electron chi connectivity index (χ1n) is 7.12. The van der Waals surface area contributed by atoms with Gasteiger partial charge in [-0.1, -0.05) is 37.3 Å². The highest BCUT2D eigenvalue weighted by Crippen LogP contribution is 2.28. The van der Waals surface area contributed by atoms with Crippen molar-refractivity contribution in [2.24, 2.45) is 0 Å². The Kier molecular flexibility index (Phi) is 5.93. The van der Waals surface area contributed by atoms with E-state index in [2.05, 4.69) is 56.8 Å². The van der Waals surface area contributed by atoms with E-state index in [0.717, 1.165) is 46.0 Å². The van der Waals surface area contributed by atoms with Gasteiger partial charge >= 0.3 is 0 Å². The second kappa shape index (κ2) is 7.70. The predicted octanol–water partition coefficient (Wildman–Crippen LogP) is 3.63. The summed E-state index contributed by atoms with van der Waals surface area (Å²) >= 11 is 2.33. The number of halogens is 1. The first-order valence-corrected chi connectivity index (χ1v) is 8.20. The van der Waals surface area contributed by atoms with Gasteiger partial charge in [-0.05, 0) is 43.1 Å². The van der Waals surface area contributed by atoms with Crippen LogP contribution in [0.1, 0.15) is 19.2 Å². The van der Waals surface area contributed by atoms with Crippen molar-refractivity contribution in [3.63, 3.8) is 0 Å². The summed E-state index contributed by atoms with van der Waals surface area (Å²) in [6, 6.07) is 10.3. The molecule has 0 aliphatic carbocycles. The van der Waals surface area contributed by atoms with Crippen molar-refractivity contribution < 1.29 is 0 Å². The topological polar surface area (TPSA) is 41.1 Å². The SMILES string of the molecule is CCCNc1nc(CN(C)C)nc(-c2ccccc2)c1I. The lowest BCUT2D eigenvalue weighted by Gasteiger charge is -2.15. The minimum Gasteiger partial charge on any atom is -0.369 e. The zero-order valence-corrected chi connectivity index (χ0v) is 14.9. The van der Waals surface area contributed by atoms with Crippen LogP contribution in [0, 0.1) is 3.57 Å². The molecule has 4 nitrogen and oxygen atoms in total. The van der Waals surface area contributed by atoms with Crippen LogP contribution in [-0.2, 0) is 6.54 Å². The summed E-state index contributed by atoms with van der Waals surface area (Å²) in [6.45, 7) is 3.81. The lowest BCUT2D eigenvalue weighted by Crippen LogP contribution is -2.16. The number of nitrogens with one attached hydrogen (secondary N) is 1. The highest BCUT2D eigenvalue weighted by Gasteiger charge is 2.13. The lowest BCUT2D eigenvalue weighted by molar-refractivity contribution is 0.390. The summed E-state index contributed by atoms with van der Waals surface area (Å²) in [4.78, 5) is 11.5. The number of hydrogen-bond acceptors (Lipinski definition) is 4. The van der Waals surface area contributed by atoms with Crippen LogP contribution in [0.5, 0.6) is 0 Å². The minimum atomic E-state index is 0.734. The third-order valence-electron chi connectivity index (χ3n) is 2.94. The molecule has 21 heavy (non-hydrogen) atoms. The summed E-state index contributed by atoms with van der Waals surface area (Å²) in [6.07, 6.45) is 1.07. The van der Waals surface area contributed by atoms with Gasteiger partial charge in [0.1, 0.15) is 11.6 Å². The molecule has 1 N–H and O–H groups in total. The smallest absolute Gasteiger partial charge is 0.145 e. The van der Waals surface area contributed by atoms with Crippen LogP contribution in [0.3, 0.4) is 0 Å². The Morgan fingerprint density at radius 1 is 1.14 bits per heavy atom. The van der Waals surface area contributed by atoms with Crippen molar-refractivity contribution in [2.75, 3.05) is 26.0 Å². The van der Waals surface area contributed by atoms with Crippen molar-refractivity contribution in [3.05, 3.63) is 39.7 Å².